The van der Waals surface area contributed by atoms with Crippen LogP contribution in [0.5, 0.6) is 0 Å². The largest absolute Gasteiger partial charge is 0.447 e. The molecule has 2 rings (SSSR count). The minimum atomic E-state index is -0.291. The maximum absolute atomic E-state index is 11.4. The number of aliphatic hydroxyl groups excluding tert-OH is 1. The molecule has 1 N–H and O–H groups in total. The van der Waals surface area contributed by atoms with E-state index in [-0.39, 0.29) is 18.7 Å². The van der Waals surface area contributed by atoms with Gasteiger partial charge in [0.25, 0.3) is 0 Å². The van der Waals surface area contributed by atoms with E-state index in [4.69, 9.17) is 14.6 Å². The van der Waals surface area contributed by atoms with Crippen LogP contribution in [0.25, 0.3) is 0 Å². The van der Waals surface area contributed by atoms with Crippen LogP contribution in [0.3, 0.4) is 0 Å². The molecule has 1 atom stereocenters. The second-order valence-corrected chi connectivity index (χ2v) is 4.12. The van der Waals surface area contributed by atoms with E-state index in [2.05, 4.69) is 0 Å². The quantitative estimate of drug-likeness (QED) is 0.732. The van der Waals surface area contributed by atoms with E-state index in [1.54, 1.807) is 4.90 Å². The molecule has 0 spiro atoms. The van der Waals surface area contributed by atoms with Crippen molar-refractivity contribution in [2.75, 3.05) is 33.0 Å². The highest BCUT2D eigenvalue weighted by molar-refractivity contribution is 5.70. The van der Waals surface area contributed by atoms with E-state index in [1.165, 1.54) is 0 Å². The van der Waals surface area contributed by atoms with E-state index in [0.717, 1.165) is 26.1 Å². The normalized spacial score (nSPS) is 28.2. The molecule has 2 saturated heterocycles. The van der Waals surface area contributed by atoms with Crippen LogP contribution in [-0.2, 0) is 9.47 Å². The molecule has 0 aliphatic carbocycles. The Morgan fingerprint density at radius 3 is 2.80 bits per heavy atom. The first-order valence-corrected chi connectivity index (χ1v) is 5.43. The standard InChI is InChI=1S/C10H17NO4/c12-6-9-7-15-10(13)11(9)5-8-1-3-14-4-2-8/h8-9,12H,1-7H2. The maximum Gasteiger partial charge on any atom is 0.410 e. The second-order valence-electron chi connectivity index (χ2n) is 4.12. The summed E-state index contributed by atoms with van der Waals surface area (Å²) in [5.41, 5.74) is 0. The topological polar surface area (TPSA) is 59.0 Å². The number of carbonyl (C=O) groups is 1. The van der Waals surface area contributed by atoms with Gasteiger partial charge in [-0.25, -0.2) is 4.79 Å². The Hall–Kier alpha value is -0.810. The number of rotatable bonds is 3. The molecule has 2 heterocycles. The Balaban J connectivity index is 1.88. The fourth-order valence-electron chi connectivity index (χ4n) is 2.07. The van der Waals surface area contributed by atoms with Gasteiger partial charge in [-0.3, -0.25) is 4.90 Å². The summed E-state index contributed by atoms with van der Waals surface area (Å²) in [6, 6.07) is -0.152. The molecule has 0 aromatic heterocycles. The van der Waals surface area contributed by atoms with Crippen molar-refractivity contribution in [3.63, 3.8) is 0 Å². The molecule has 1 amide bonds. The summed E-state index contributed by atoms with van der Waals surface area (Å²) in [6.07, 6.45) is 1.68. The summed E-state index contributed by atoms with van der Waals surface area (Å²) in [5, 5.41) is 9.09. The third kappa shape index (κ3) is 2.41. The number of ether oxygens (including phenoxy) is 2. The molecule has 0 aromatic carbocycles. The molecular weight excluding hydrogens is 198 g/mol. The van der Waals surface area contributed by atoms with E-state index in [9.17, 15) is 4.79 Å². The second kappa shape index (κ2) is 4.81. The smallest absolute Gasteiger partial charge is 0.410 e. The summed E-state index contributed by atoms with van der Waals surface area (Å²) < 4.78 is 10.2. The van der Waals surface area contributed by atoms with Crippen molar-refractivity contribution in [3.05, 3.63) is 0 Å². The third-order valence-corrected chi connectivity index (χ3v) is 3.08. The van der Waals surface area contributed by atoms with Crippen LogP contribution in [0, 0.1) is 5.92 Å². The molecule has 0 aromatic rings. The summed E-state index contributed by atoms with van der Waals surface area (Å²) in [5.74, 6) is 0.485. The van der Waals surface area contributed by atoms with Gasteiger partial charge in [0.15, 0.2) is 0 Å². The highest BCUT2D eigenvalue weighted by Gasteiger charge is 2.34. The van der Waals surface area contributed by atoms with Crippen molar-refractivity contribution < 1.29 is 19.4 Å². The first-order chi connectivity index (χ1) is 7.31. The lowest BCUT2D eigenvalue weighted by atomic mass is 9.99. The molecule has 1 unspecified atom stereocenters. The van der Waals surface area contributed by atoms with Crippen LogP contribution < -0.4 is 0 Å². The first-order valence-electron chi connectivity index (χ1n) is 5.43. The van der Waals surface area contributed by atoms with E-state index < -0.39 is 0 Å². The van der Waals surface area contributed by atoms with Crippen molar-refractivity contribution in [2.45, 2.75) is 18.9 Å². The van der Waals surface area contributed by atoms with Crippen LogP contribution >= 0.6 is 0 Å². The maximum atomic E-state index is 11.4. The molecule has 86 valence electrons. The van der Waals surface area contributed by atoms with Gasteiger partial charge in [-0.2, -0.15) is 0 Å². The number of cyclic esters (lactones) is 1. The van der Waals surface area contributed by atoms with Gasteiger partial charge in [0.05, 0.1) is 12.6 Å². The zero-order chi connectivity index (χ0) is 10.7. The van der Waals surface area contributed by atoms with Crippen LogP contribution in [0.4, 0.5) is 4.79 Å². The Kier molecular flexibility index (Phi) is 3.43. The molecule has 2 aliphatic rings. The monoisotopic (exact) mass is 215 g/mol. The Morgan fingerprint density at radius 2 is 2.13 bits per heavy atom. The van der Waals surface area contributed by atoms with Gasteiger partial charge in [0, 0.05) is 19.8 Å². The predicted molar refractivity (Wildman–Crippen MR) is 52.5 cm³/mol. The average Bonchev–Trinajstić information content (AvgIpc) is 2.62. The minimum Gasteiger partial charge on any atom is -0.447 e. The number of aliphatic hydroxyl groups is 1. The number of nitrogens with zero attached hydrogens (tertiary/aromatic N) is 1. The Bertz CT molecular complexity index is 227. The molecule has 5 nitrogen and oxygen atoms in total. The number of carbonyl (C=O) groups excluding carboxylic acids is 1. The highest BCUT2D eigenvalue weighted by atomic mass is 16.6. The SMILES string of the molecule is O=C1OCC(CO)N1CC1CCOCC1. The van der Waals surface area contributed by atoms with Gasteiger partial charge < -0.3 is 14.6 Å². The van der Waals surface area contributed by atoms with Gasteiger partial charge in [0.1, 0.15) is 6.61 Å². The molecule has 2 fully saturated rings. The molecule has 0 saturated carbocycles. The third-order valence-electron chi connectivity index (χ3n) is 3.08. The van der Waals surface area contributed by atoms with Crippen molar-refractivity contribution >= 4 is 6.09 Å². The molecule has 2 aliphatic heterocycles. The van der Waals surface area contributed by atoms with E-state index >= 15 is 0 Å². The Labute approximate surface area is 89.0 Å². The summed E-state index contributed by atoms with van der Waals surface area (Å²) in [4.78, 5) is 13.0. The van der Waals surface area contributed by atoms with Crippen molar-refractivity contribution in [1.29, 1.82) is 0 Å². The number of hydrogen-bond acceptors (Lipinski definition) is 4. The van der Waals surface area contributed by atoms with Crippen LogP contribution in [-0.4, -0.2) is 55.1 Å². The van der Waals surface area contributed by atoms with Crippen molar-refractivity contribution in [3.8, 4) is 0 Å². The molecule has 5 heteroatoms. The van der Waals surface area contributed by atoms with Gasteiger partial charge in [-0.1, -0.05) is 0 Å². The lowest BCUT2D eigenvalue weighted by Crippen LogP contribution is -2.40. The summed E-state index contributed by atoms with van der Waals surface area (Å²) in [7, 11) is 0. The van der Waals surface area contributed by atoms with Gasteiger partial charge in [0.2, 0.25) is 0 Å². The average molecular weight is 215 g/mol. The summed E-state index contributed by atoms with van der Waals surface area (Å²) in [6.45, 7) is 2.54. The van der Waals surface area contributed by atoms with Crippen LogP contribution in [0.1, 0.15) is 12.8 Å². The van der Waals surface area contributed by atoms with Crippen molar-refractivity contribution in [1.82, 2.24) is 4.90 Å². The number of amides is 1. The fraction of sp³-hybridized carbons (Fsp3) is 0.900. The summed E-state index contributed by atoms with van der Waals surface area (Å²) >= 11 is 0. The molecule has 15 heavy (non-hydrogen) atoms. The molecular formula is C10H17NO4. The first kappa shape index (κ1) is 10.7. The number of hydrogen-bond donors (Lipinski definition) is 1. The molecule has 0 bridgehead atoms. The van der Waals surface area contributed by atoms with Gasteiger partial charge in [-0.15, -0.1) is 0 Å². The zero-order valence-corrected chi connectivity index (χ0v) is 8.72. The van der Waals surface area contributed by atoms with Crippen molar-refractivity contribution in [2.24, 2.45) is 5.92 Å². The zero-order valence-electron chi connectivity index (χ0n) is 8.72. The fourth-order valence-corrected chi connectivity index (χ4v) is 2.07. The van der Waals surface area contributed by atoms with Crippen LogP contribution in [0.2, 0.25) is 0 Å². The molecule has 0 radical (unpaired) electrons. The van der Waals surface area contributed by atoms with E-state index in [1.807, 2.05) is 0 Å². The lowest BCUT2D eigenvalue weighted by Gasteiger charge is -2.28. The Morgan fingerprint density at radius 1 is 1.40 bits per heavy atom. The van der Waals surface area contributed by atoms with E-state index in [0.29, 0.717) is 19.1 Å². The highest BCUT2D eigenvalue weighted by Crippen LogP contribution is 2.20. The minimum absolute atomic E-state index is 0.0189. The predicted octanol–water partition coefficient (Wildman–Crippen LogP) is 0.226. The van der Waals surface area contributed by atoms with Gasteiger partial charge >= 0.3 is 6.09 Å². The lowest BCUT2D eigenvalue weighted by molar-refractivity contribution is 0.0514. The van der Waals surface area contributed by atoms with Crippen LogP contribution in [0.15, 0.2) is 0 Å². The van der Waals surface area contributed by atoms with Gasteiger partial charge in [-0.05, 0) is 18.8 Å².